The van der Waals surface area contributed by atoms with Crippen LogP contribution in [-0.4, -0.2) is 17.2 Å². The first-order chi connectivity index (χ1) is 8.69. The minimum atomic E-state index is -1.35. The molecule has 0 aliphatic heterocycles. The van der Waals surface area contributed by atoms with E-state index in [0.717, 1.165) is 12.8 Å². The lowest BCUT2D eigenvalue weighted by atomic mass is 9.61. The molecular weight excluding hydrogens is 223 g/mol. The van der Waals surface area contributed by atoms with Crippen LogP contribution in [0.1, 0.15) is 57.4 Å². The smallest absolute Gasteiger partial charge is 0.423 e. The summed E-state index contributed by atoms with van der Waals surface area (Å²) in [6.45, 7) is 2.22. The highest BCUT2D eigenvalue weighted by Gasteiger charge is 2.36. The van der Waals surface area contributed by atoms with Gasteiger partial charge in [-0.2, -0.15) is 0 Å². The molecule has 0 unspecified atom stereocenters. The Morgan fingerprint density at radius 2 is 1.78 bits per heavy atom. The Morgan fingerprint density at radius 1 is 1.11 bits per heavy atom. The summed E-state index contributed by atoms with van der Waals surface area (Å²) in [7, 11) is -1.35. The molecule has 2 nitrogen and oxygen atoms in total. The molecular formula is C15H23BO2. The van der Waals surface area contributed by atoms with E-state index in [0.29, 0.717) is 5.46 Å². The molecule has 0 bridgehead atoms. The van der Waals surface area contributed by atoms with E-state index in [-0.39, 0.29) is 5.41 Å². The molecule has 1 aromatic rings. The standard InChI is InChI=1S/C15H23BO2/c1-2-10-15(11-6-3-7-12-15)13-8-4-5-9-14(13)16(17)18/h4-5,8-9,17-18H,2-3,6-7,10-12H2,1H3. The van der Waals surface area contributed by atoms with Crippen molar-refractivity contribution in [1.82, 2.24) is 0 Å². The molecule has 0 amide bonds. The van der Waals surface area contributed by atoms with E-state index in [4.69, 9.17) is 0 Å². The normalized spacial score (nSPS) is 18.6. The molecule has 1 fully saturated rings. The maximum Gasteiger partial charge on any atom is 0.488 e. The quantitative estimate of drug-likeness (QED) is 0.801. The molecule has 98 valence electrons. The average molecular weight is 246 g/mol. The Hall–Kier alpha value is -0.795. The lowest BCUT2D eigenvalue weighted by molar-refractivity contribution is 0.272. The van der Waals surface area contributed by atoms with E-state index in [1.165, 1.54) is 37.7 Å². The van der Waals surface area contributed by atoms with Crippen LogP contribution in [-0.2, 0) is 5.41 Å². The van der Waals surface area contributed by atoms with Gasteiger partial charge in [-0.15, -0.1) is 0 Å². The van der Waals surface area contributed by atoms with Gasteiger partial charge in [0.15, 0.2) is 0 Å². The average Bonchev–Trinajstić information content (AvgIpc) is 2.40. The van der Waals surface area contributed by atoms with Gasteiger partial charge >= 0.3 is 7.12 Å². The minimum absolute atomic E-state index is 0.174. The molecule has 2 rings (SSSR count). The predicted molar refractivity (Wildman–Crippen MR) is 75.9 cm³/mol. The Morgan fingerprint density at radius 3 is 2.39 bits per heavy atom. The van der Waals surface area contributed by atoms with Crippen LogP contribution in [0.15, 0.2) is 24.3 Å². The van der Waals surface area contributed by atoms with E-state index in [1.807, 2.05) is 18.2 Å². The Labute approximate surface area is 110 Å². The summed E-state index contributed by atoms with van der Waals surface area (Å²) in [5.74, 6) is 0. The van der Waals surface area contributed by atoms with Gasteiger partial charge in [-0.1, -0.05) is 56.9 Å². The van der Waals surface area contributed by atoms with Crippen LogP contribution in [0.4, 0.5) is 0 Å². The van der Waals surface area contributed by atoms with Gasteiger partial charge in [0.2, 0.25) is 0 Å². The number of rotatable bonds is 4. The Kier molecular flexibility index (Phi) is 4.47. The van der Waals surface area contributed by atoms with E-state index in [2.05, 4.69) is 13.0 Å². The highest BCUT2D eigenvalue weighted by molar-refractivity contribution is 6.59. The third-order valence-electron chi connectivity index (χ3n) is 4.35. The molecule has 0 saturated heterocycles. The van der Waals surface area contributed by atoms with E-state index in [9.17, 15) is 10.0 Å². The van der Waals surface area contributed by atoms with Crippen LogP contribution in [0.2, 0.25) is 0 Å². The highest BCUT2D eigenvalue weighted by Crippen LogP contribution is 2.42. The topological polar surface area (TPSA) is 40.5 Å². The fraction of sp³-hybridized carbons (Fsp3) is 0.600. The molecule has 2 N–H and O–H groups in total. The maximum absolute atomic E-state index is 9.57. The monoisotopic (exact) mass is 246 g/mol. The number of hydrogen-bond acceptors (Lipinski definition) is 2. The third kappa shape index (κ3) is 2.62. The van der Waals surface area contributed by atoms with Crippen LogP contribution in [0.25, 0.3) is 0 Å². The largest absolute Gasteiger partial charge is 0.488 e. The van der Waals surface area contributed by atoms with Crippen molar-refractivity contribution in [1.29, 1.82) is 0 Å². The van der Waals surface area contributed by atoms with Gasteiger partial charge in [-0.3, -0.25) is 0 Å². The van der Waals surface area contributed by atoms with Gasteiger partial charge in [0, 0.05) is 0 Å². The van der Waals surface area contributed by atoms with Crippen LogP contribution in [0.3, 0.4) is 0 Å². The van der Waals surface area contributed by atoms with Crippen molar-refractivity contribution < 1.29 is 10.0 Å². The predicted octanol–water partition coefficient (Wildman–Crippen LogP) is 2.37. The fourth-order valence-corrected chi connectivity index (χ4v) is 3.57. The highest BCUT2D eigenvalue weighted by atomic mass is 16.4. The van der Waals surface area contributed by atoms with Crippen molar-refractivity contribution in [2.45, 2.75) is 57.3 Å². The molecule has 0 heterocycles. The summed E-state index contributed by atoms with van der Waals surface area (Å²) < 4.78 is 0. The van der Waals surface area contributed by atoms with E-state index >= 15 is 0 Å². The zero-order chi connectivity index (χ0) is 13.0. The first kappa shape index (κ1) is 13.6. The molecule has 0 atom stereocenters. The van der Waals surface area contributed by atoms with Crippen LogP contribution in [0, 0.1) is 0 Å². The van der Waals surface area contributed by atoms with E-state index in [1.54, 1.807) is 0 Å². The zero-order valence-electron chi connectivity index (χ0n) is 11.2. The summed E-state index contributed by atoms with van der Waals surface area (Å²) in [6, 6.07) is 7.86. The van der Waals surface area contributed by atoms with Crippen LogP contribution < -0.4 is 5.46 Å². The molecule has 18 heavy (non-hydrogen) atoms. The SMILES string of the molecule is CCCC1(c2ccccc2B(O)O)CCCCC1. The lowest BCUT2D eigenvalue weighted by Crippen LogP contribution is -2.41. The number of benzene rings is 1. The molecule has 1 aliphatic rings. The molecule has 1 aromatic carbocycles. The first-order valence-corrected chi connectivity index (χ1v) is 7.15. The van der Waals surface area contributed by atoms with Crippen molar-refractivity contribution in [2.24, 2.45) is 0 Å². The van der Waals surface area contributed by atoms with Gasteiger partial charge in [0.25, 0.3) is 0 Å². The van der Waals surface area contributed by atoms with Gasteiger partial charge in [-0.05, 0) is 35.7 Å². The minimum Gasteiger partial charge on any atom is -0.423 e. The first-order valence-electron chi connectivity index (χ1n) is 7.15. The molecule has 0 aromatic heterocycles. The van der Waals surface area contributed by atoms with Crippen molar-refractivity contribution in [3.05, 3.63) is 29.8 Å². The fourth-order valence-electron chi connectivity index (χ4n) is 3.57. The van der Waals surface area contributed by atoms with Crippen molar-refractivity contribution in [3.8, 4) is 0 Å². The third-order valence-corrected chi connectivity index (χ3v) is 4.35. The van der Waals surface area contributed by atoms with Crippen LogP contribution >= 0.6 is 0 Å². The second-order valence-corrected chi connectivity index (χ2v) is 5.55. The van der Waals surface area contributed by atoms with Crippen molar-refractivity contribution >= 4 is 12.6 Å². The van der Waals surface area contributed by atoms with Gasteiger partial charge in [0.05, 0.1) is 0 Å². The van der Waals surface area contributed by atoms with Crippen molar-refractivity contribution in [2.75, 3.05) is 0 Å². The Balaban J connectivity index is 2.41. The molecule has 1 aliphatic carbocycles. The Bertz CT molecular complexity index is 378. The maximum atomic E-state index is 9.57. The molecule has 1 saturated carbocycles. The second kappa shape index (κ2) is 5.90. The molecule has 0 spiro atoms. The number of hydrogen-bond donors (Lipinski definition) is 2. The summed E-state index contributed by atoms with van der Waals surface area (Å²) >= 11 is 0. The van der Waals surface area contributed by atoms with Crippen molar-refractivity contribution in [3.63, 3.8) is 0 Å². The summed E-state index contributed by atoms with van der Waals surface area (Å²) in [4.78, 5) is 0. The second-order valence-electron chi connectivity index (χ2n) is 5.55. The van der Waals surface area contributed by atoms with E-state index < -0.39 is 7.12 Å². The van der Waals surface area contributed by atoms with Gasteiger partial charge in [0.1, 0.15) is 0 Å². The molecule has 3 heteroatoms. The summed E-state index contributed by atoms with van der Waals surface area (Å²) in [6.07, 6.45) is 8.50. The van der Waals surface area contributed by atoms with Gasteiger partial charge < -0.3 is 10.0 Å². The van der Waals surface area contributed by atoms with Crippen LogP contribution in [0.5, 0.6) is 0 Å². The summed E-state index contributed by atoms with van der Waals surface area (Å²) in [5, 5.41) is 19.1. The van der Waals surface area contributed by atoms with Gasteiger partial charge in [-0.25, -0.2) is 0 Å². The zero-order valence-corrected chi connectivity index (χ0v) is 11.2. The lowest BCUT2D eigenvalue weighted by Gasteiger charge is -2.39. The molecule has 0 radical (unpaired) electrons. The summed E-state index contributed by atoms with van der Waals surface area (Å²) in [5.41, 5.74) is 2.04.